The Morgan fingerprint density at radius 1 is 1.56 bits per heavy atom. The molecule has 4 nitrogen and oxygen atoms in total. The molecule has 0 bridgehead atoms. The molecule has 0 aliphatic heterocycles. The minimum atomic E-state index is -0.287. The molecule has 92 valence electrons. The molecule has 1 atom stereocenters. The predicted molar refractivity (Wildman–Crippen MR) is 64.7 cm³/mol. The van der Waals surface area contributed by atoms with Crippen LogP contribution in [-0.2, 0) is 4.79 Å². The minimum Gasteiger partial charge on any atom is -0.359 e. The highest BCUT2D eigenvalue weighted by molar-refractivity contribution is 5.78. The number of nitrogens with zero attached hydrogens (tertiary/aromatic N) is 2. The molecule has 0 aromatic heterocycles. The second kappa shape index (κ2) is 6.49. The van der Waals surface area contributed by atoms with Crippen molar-refractivity contribution in [3.05, 3.63) is 0 Å². The molecule has 0 spiro atoms. The third-order valence-corrected chi connectivity index (χ3v) is 2.70. The smallest absolute Gasteiger partial charge is 0.223 e. The summed E-state index contributed by atoms with van der Waals surface area (Å²) in [5.41, 5.74) is -0.287. The molecule has 0 aliphatic carbocycles. The molecular formula is C12H23N3O. The summed E-state index contributed by atoms with van der Waals surface area (Å²) in [6, 6.07) is 2.28. The Bertz CT molecular complexity index is 268. The zero-order valence-electron chi connectivity index (χ0n) is 11.0. The summed E-state index contributed by atoms with van der Waals surface area (Å²) in [5.74, 6) is 0.0478. The van der Waals surface area contributed by atoms with E-state index >= 15 is 0 Å². The third kappa shape index (κ3) is 5.72. The van der Waals surface area contributed by atoms with E-state index in [0.29, 0.717) is 0 Å². The summed E-state index contributed by atoms with van der Waals surface area (Å²) < 4.78 is 0. The van der Waals surface area contributed by atoms with Crippen molar-refractivity contribution < 1.29 is 4.79 Å². The fourth-order valence-corrected chi connectivity index (χ4v) is 1.41. The van der Waals surface area contributed by atoms with Gasteiger partial charge < -0.3 is 10.2 Å². The van der Waals surface area contributed by atoms with Crippen LogP contribution in [0.25, 0.3) is 0 Å². The minimum absolute atomic E-state index is 0.0137. The quantitative estimate of drug-likeness (QED) is 0.740. The molecule has 0 heterocycles. The second-order valence-electron chi connectivity index (χ2n) is 5.02. The first-order chi connectivity index (χ1) is 7.32. The van der Waals surface area contributed by atoms with E-state index in [1.54, 1.807) is 7.05 Å². The topological polar surface area (TPSA) is 56.1 Å². The molecule has 0 aliphatic rings. The zero-order valence-corrected chi connectivity index (χ0v) is 11.0. The lowest BCUT2D eigenvalue weighted by Gasteiger charge is -2.23. The van der Waals surface area contributed by atoms with Gasteiger partial charge in [-0.15, -0.1) is 0 Å². The Balaban J connectivity index is 3.97. The van der Waals surface area contributed by atoms with Crippen LogP contribution in [0, 0.1) is 22.7 Å². The van der Waals surface area contributed by atoms with Gasteiger partial charge in [-0.2, -0.15) is 5.26 Å². The first-order valence-electron chi connectivity index (χ1n) is 5.64. The molecule has 1 amide bonds. The third-order valence-electron chi connectivity index (χ3n) is 2.70. The van der Waals surface area contributed by atoms with Gasteiger partial charge >= 0.3 is 0 Å². The highest BCUT2D eigenvalue weighted by Gasteiger charge is 2.19. The van der Waals surface area contributed by atoms with Crippen molar-refractivity contribution in [3.63, 3.8) is 0 Å². The van der Waals surface area contributed by atoms with Crippen LogP contribution in [0.4, 0.5) is 0 Å². The van der Waals surface area contributed by atoms with Gasteiger partial charge in [0, 0.05) is 19.5 Å². The number of rotatable bonds is 6. The van der Waals surface area contributed by atoms with Gasteiger partial charge in [-0.1, -0.05) is 6.92 Å². The Labute approximate surface area is 98.6 Å². The summed E-state index contributed by atoms with van der Waals surface area (Å²) in [4.78, 5) is 13.4. The van der Waals surface area contributed by atoms with Gasteiger partial charge in [0.25, 0.3) is 0 Å². The highest BCUT2D eigenvalue weighted by Crippen LogP contribution is 2.18. The predicted octanol–water partition coefficient (Wildman–Crippen LogP) is 1.24. The van der Waals surface area contributed by atoms with Gasteiger partial charge in [-0.3, -0.25) is 4.79 Å². The molecule has 1 N–H and O–H groups in total. The summed E-state index contributed by atoms with van der Waals surface area (Å²) >= 11 is 0. The average Bonchev–Trinajstić information content (AvgIpc) is 2.25. The van der Waals surface area contributed by atoms with E-state index in [4.69, 9.17) is 5.26 Å². The van der Waals surface area contributed by atoms with Crippen LogP contribution in [0.5, 0.6) is 0 Å². The van der Waals surface area contributed by atoms with E-state index in [9.17, 15) is 4.79 Å². The van der Waals surface area contributed by atoms with Gasteiger partial charge in [-0.05, 0) is 33.9 Å². The van der Waals surface area contributed by atoms with Gasteiger partial charge in [-0.25, -0.2) is 0 Å². The SMILES string of the molecule is CNC(=O)C(C)CN(C)CCC(C)(C)C#N. The first kappa shape index (κ1) is 14.9. The number of hydrogen-bond donors (Lipinski definition) is 1. The van der Waals surface area contributed by atoms with E-state index in [0.717, 1.165) is 19.5 Å². The van der Waals surface area contributed by atoms with Crippen LogP contribution in [0.1, 0.15) is 27.2 Å². The lowest BCUT2D eigenvalue weighted by atomic mass is 9.91. The maximum absolute atomic E-state index is 11.3. The Morgan fingerprint density at radius 2 is 2.12 bits per heavy atom. The van der Waals surface area contributed by atoms with Gasteiger partial charge in [0.05, 0.1) is 11.5 Å². The van der Waals surface area contributed by atoms with Crippen LogP contribution < -0.4 is 5.32 Å². The van der Waals surface area contributed by atoms with Crippen LogP contribution >= 0.6 is 0 Å². The molecule has 0 radical (unpaired) electrons. The number of nitriles is 1. The summed E-state index contributed by atoms with van der Waals surface area (Å²) in [6.07, 6.45) is 0.820. The van der Waals surface area contributed by atoms with Crippen molar-refractivity contribution in [3.8, 4) is 6.07 Å². The second-order valence-corrected chi connectivity index (χ2v) is 5.02. The molecule has 16 heavy (non-hydrogen) atoms. The highest BCUT2D eigenvalue weighted by atomic mass is 16.1. The summed E-state index contributed by atoms with van der Waals surface area (Å²) in [6.45, 7) is 7.33. The Hall–Kier alpha value is -1.08. The van der Waals surface area contributed by atoms with E-state index in [1.807, 2.05) is 27.8 Å². The fourth-order valence-electron chi connectivity index (χ4n) is 1.41. The number of hydrogen-bond acceptors (Lipinski definition) is 3. The fraction of sp³-hybridized carbons (Fsp3) is 0.833. The number of nitrogens with one attached hydrogen (secondary N) is 1. The van der Waals surface area contributed by atoms with Crippen molar-refractivity contribution in [2.24, 2.45) is 11.3 Å². The Morgan fingerprint density at radius 3 is 2.56 bits per heavy atom. The van der Waals surface area contributed by atoms with E-state index < -0.39 is 0 Å². The maximum Gasteiger partial charge on any atom is 0.223 e. The van der Waals surface area contributed by atoms with Crippen molar-refractivity contribution in [1.82, 2.24) is 10.2 Å². The Kier molecular flexibility index (Phi) is 6.05. The normalized spacial score (nSPS) is 13.3. The lowest BCUT2D eigenvalue weighted by molar-refractivity contribution is -0.124. The molecule has 0 aromatic rings. The van der Waals surface area contributed by atoms with Gasteiger partial charge in [0.2, 0.25) is 5.91 Å². The van der Waals surface area contributed by atoms with E-state index in [-0.39, 0.29) is 17.2 Å². The standard InChI is InChI=1S/C12H23N3O/c1-10(11(16)14-4)8-15(5)7-6-12(2,3)9-13/h10H,6-8H2,1-5H3,(H,14,16). The van der Waals surface area contributed by atoms with Crippen LogP contribution in [0.3, 0.4) is 0 Å². The number of amides is 1. The van der Waals surface area contributed by atoms with Crippen molar-refractivity contribution in [2.75, 3.05) is 27.2 Å². The van der Waals surface area contributed by atoms with Crippen molar-refractivity contribution >= 4 is 5.91 Å². The number of carbonyl (C=O) groups excluding carboxylic acids is 1. The largest absolute Gasteiger partial charge is 0.359 e. The van der Waals surface area contributed by atoms with E-state index in [1.165, 1.54) is 0 Å². The molecule has 0 fully saturated rings. The van der Waals surface area contributed by atoms with Crippen molar-refractivity contribution in [1.29, 1.82) is 5.26 Å². The monoisotopic (exact) mass is 225 g/mol. The average molecular weight is 225 g/mol. The molecule has 0 aromatic carbocycles. The molecule has 4 heteroatoms. The molecule has 0 saturated heterocycles. The van der Waals surface area contributed by atoms with Gasteiger partial charge in [0.15, 0.2) is 0 Å². The molecular weight excluding hydrogens is 202 g/mol. The first-order valence-corrected chi connectivity index (χ1v) is 5.64. The van der Waals surface area contributed by atoms with E-state index in [2.05, 4.69) is 16.3 Å². The zero-order chi connectivity index (χ0) is 12.8. The summed E-state index contributed by atoms with van der Waals surface area (Å²) in [5, 5.41) is 11.5. The maximum atomic E-state index is 11.3. The lowest BCUT2D eigenvalue weighted by Crippen LogP contribution is -2.35. The number of carbonyl (C=O) groups is 1. The molecule has 0 saturated carbocycles. The molecule has 0 rings (SSSR count). The summed E-state index contributed by atoms with van der Waals surface area (Å²) in [7, 11) is 3.63. The molecule has 1 unspecified atom stereocenters. The van der Waals surface area contributed by atoms with Crippen LogP contribution in [0.15, 0.2) is 0 Å². The van der Waals surface area contributed by atoms with Gasteiger partial charge in [0.1, 0.15) is 0 Å². The van der Waals surface area contributed by atoms with Crippen LogP contribution in [-0.4, -0.2) is 38.0 Å². The van der Waals surface area contributed by atoms with Crippen LogP contribution in [0.2, 0.25) is 0 Å². The van der Waals surface area contributed by atoms with Crippen molar-refractivity contribution in [2.45, 2.75) is 27.2 Å².